The first kappa shape index (κ1) is 19.9. The monoisotopic (exact) mass is 406 g/mol. The van der Waals surface area contributed by atoms with Gasteiger partial charge in [0, 0.05) is 31.9 Å². The molecule has 0 unspecified atom stereocenters. The highest BCUT2D eigenvalue weighted by atomic mass is 16.5. The van der Waals surface area contributed by atoms with Gasteiger partial charge in [0.2, 0.25) is 0 Å². The highest BCUT2D eigenvalue weighted by molar-refractivity contribution is 5.92. The maximum absolute atomic E-state index is 12.5. The summed E-state index contributed by atoms with van der Waals surface area (Å²) in [6, 6.07) is 9.51. The van der Waals surface area contributed by atoms with Crippen molar-refractivity contribution in [2.24, 2.45) is 5.92 Å². The maximum Gasteiger partial charge on any atom is 0.271 e. The number of carbonyl (C=O) groups is 1. The quantitative estimate of drug-likeness (QED) is 0.678. The summed E-state index contributed by atoms with van der Waals surface area (Å²) in [5.41, 5.74) is 1.33. The molecule has 2 aromatic heterocycles. The molecule has 0 saturated carbocycles. The Kier molecular flexibility index (Phi) is 5.92. The van der Waals surface area contributed by atoms with Crippen LogP contribution in [0.5, 0.6) is 5.75 Å². The summed E-state index contributed by atoms with van der Waals surface area (Å²) in [6.45, 7) is 4.69. The van der Waals surface area contributed by atoms with E-state index in [0.717, 1.165) is 30.2 Å². The third kappa shape index (κ3) is 4.59. The molecule has 0 bridgehead atoms. The van der Waals surface area contributed by atoms with Gasteiger partial charge in [0.15, 0.2) is 0 Å². The summed E-state index contributed by atoms with van der Waals surface area (Å²) in [5, 5.41) is 2.89. The zero-order chi connectivity index (χ0) is 20.9. The van der Waals surface area contributed by atoms with Gasteiger partial charge in [-0.05, 0) is 36.5 Å². The van der Waals surface area contributed by atoms with Crippen LogP contribution in [-0.2, 0) is 6.54 Å². The molecule has 3 heterocycles. The van der Waals surface area contributed by atoms with E-state index < -0.39 is 0 Å². The first-order chi connectivity index (χ1) is 14.6. The lowest BCUT2D eigenvalue weighted by Gasteiger charge is -2.31. The summed E-state index contributed by atoms with van der Waals surface area (Å²) in [4.78, 5) is 27.8. The first-order valence-corrected chi connectivity index (χ1v) is 10.1. The van der Waals surface area contributed by atoms with Crippen molar-refractivity contribution in [1.82, 2.24) is 24.8 Å². The standard InChI is InChI=1S/C22H26N6O2/c1-16-4-3-9-27(12-16)20-10-21(25-14-24-20)28-13-19(26-15-28)22(29)23-11-17-5-7-18(30-2)8-6-17/h5-8,10,13-16H,3-4,9,11-12H2,1-2H3,(H,23,29)/t16-/m0/s1. The lowest BCUT2D eigenvalue weighted by molar-refractivity contribution is 0.0946. The molecule has 30 heavy (non-hydrogen) atoms. The Morgan fingerprint density at radius 2 is 2.00 bits per heavy atom. The van der Waals surface area contributed by atoms with Crippen molar-refractivity contribution < 1.29 is 9.53 Å². The van der Waals surface area contributed by atoms with Crippen molar-refractivity contribution in [2.75, 3.05) is 25.1 Å². The number of hydrogen-bond donors (Lipinski definition) is 1. The van der Waals surface area contributed by atoms with E-state index in [9.17, 15) is 4.79 Å². The molecule has 1 atom stereocenters. The number of rotatable bonds is 6. The maximum atomic E-state index is 12.5. The van der Waals surface area contributed by atoms with E-state index in [2.05, 4.69) is 32.1 Å². The zero-order valence-corrected chi connectivity index (χ0v) is 17.3. The Morgan fingerprint density at radius 1 is 1.20 bits per heavy atom. The Hall–Kier alpha value is -3.42. The van der Waals surface area contributed by atoms with Gasteiger partial charge in [0.1, 0.15) is 35.7 Å². The van der Waals surface area contributed by atoms with Crippen LogP contribution in [0.1, 0.15) is 35.8 Å². The number of nitrogens with one attached hydrogen (secondary N) is 1. The van der Waals surface area contributed by atoms with Crippen LogP contribution in [0.2, 0.25) is 0 Å². The Labute approximate surface area is 175 Å². The molecule has 4 rings (SSSR count). The molecule has 3 aromatic rings. The first-order valence-electron chi connectivity index (χ1n) is 10.1. The van der Waals surface area contributed by atoms with Crippen LogP contribution >= 0.6 is 0 Å². The van der Waals surface area contributed by atoms with Crippen LogP contribution in [0.15, 0.2) is 49.2 Å². The number of amides is 1. The molecular weight excluding hydrogens is 380 g/mol. The molecule has 8 heteroatoms. The number of benzene rings is 1. The third-order valence-corrected chi connectivity index (χ3v) is 5.31. The topological polar surface area (TPSA) is 85.2 Å². The summed E-state index contributed by atoms with van der Waals surface area (Å²) in [5.74, 6) is 2.81. The molecular formula is C22H26N6O2. The number of nitrogens with zero attached hydrogens (tertiary/aromatic N) is 5. The van der Waals surface area contributed by atoms with Gasteiger partial charge in [-0.25, -0.2) is 15.0 Å². The van der Waals surface area contributed by atoms with Crippen LogP contribution in [0.3, 0.4) is 0 Å². The number of ether oxygens (including phenoxy) is 1. The number of carbonyl (C=O) groups excluding carboxylic acids is 1. The van der Waals surface area contributed by atoms with Crippen molar-refractivity contribution in [3.63, 3.8) is 0 Å². The minimum Gasteiger partial charge on any atom is -0.497 e. The largest absolute Gasteiger partial charge is 0.497 e. The number of anilines is 1. The molecule has 1 N–H and O–H groups in total. The predicted octanol–water partition coefficient (Wildman–Crippen LogP) is 2.84. The van der Waals surface area contributed by atoms with Crippen LogP contribution in [-0.4, -0.2) is 45.6 Å². The number of piperidine rings is 1. The Balaban J connectivity index is 1.41. The highest BCUT2D eigenvalue weighted by Crippen LogP contribution is 2.22. The molecule has 1 aliphatic heterocycles. The van der Waals surface area contributed by atoms with Crippen molar-refractivity contribution in [3.05, 3.63) is 60.4 Å². The third-order valence-electron chi connectivity index (χ3n) is 5.31. The van der Waals surface area contributed by atoms with Gasteiger partial charge in [-0.2, -0.15) is 0 Å². The van der Waals surface area contributed by atoms with E-state index >= 15 is 0 Å². The molecule has 1 aromatic carbocycles. The van der Waals surface area contributed by atoms with Crippen LogP contribution in [0, 0.1) is 5.92 Å². The van der Waals surface area contributed by atoms with Gasteiger partial charge in [-0.15, -0.1) is 0 Å². The minimum atomic E-state index is -0.233. The van der Waals surface area contributed by atoms with Gasteiger partial charge >= 0.3 is 0 Å². The van der Waals surface area contributed by atoms with Gasteiger partial charge in [0.05, 0.1) is 7.11 Å². The fourth-order valence-corrected chi connectivity index (χ4v) is 3.63. The fraction of sp³-hybridized carbons (Fsp3) is 0.364. The second-order valence-corrected chi connectivity index (χ2v) is 7.62. The second-order valence-electron chi connectivity index (χ2n) is 7.62. The fourth-order valence-electron chi connectivity index (χ4n) is 3.63. The van der Waals surface area contributed by atoms with Crippen molar-refractivity contribution in [3.8, 4) is 11.6 Å². The van der Waals surface area contributed by atoms with E-state index in [1.165, 1.54) is 12.8 Å². The van der Waals surface area contributed by atoms with Crippen LogP contribution in [0.25, 0.3) is 5.82 Å². The van der Waals surface area contributed by atoms with Gasteiger partial charge in [-0.3, -0.25) is 9.36 Å². The number of methoxy groups -OCH3 is 1. The zero-order valence-electron chi connectivity index (χ0n) is 17.3. The molecule has 156 valence electrons. The van der Waals surface area contributed by atoms with Crippen molar-refractivity contribution in [2.45, 2.75) is 26.3 Å². The minimum absolute atomic E-state index is 0.233. The summed E-state index contributed by atoms with van der Waals surface area (Å²) < 4.78 is 6.90. The molecule has 1 fully saturated rings. The van der Waals surface area contributed by atoms with E-state index in [-0.39, 0.29) is 5.91 Å². The normalized spacial score (nSPS) is 16.3. The highest BCUT2D eigenvalue weighted by Gasteiger charge is 2.18. The van der Waals surface area contributed by atoms with Crippen LogP contribution in [0.4, 0.5) is 5.82 Å². The van der Waals surface area contributed by atoms with Crippen molar-refractivity contribution >= 4 is 11.7 Å². The summed E-state index contributed by atoms with van der Waals surface area (Å²) in [6.07, 6.45) is 7.28. The average Bonchev–Trinajstić information content (AvgIpc) is 3.28. The second kappa shape index (κ2) is 8.94. The SMILES string of the molecule is COc1ccc(CNC(=O)c2cn(-c3cc(N4CCC[C@H](C)C4)ncn3)cn2)cc1. The van der Waals surface area contributed by atoms with Gasteiger partial charge in [-0.1, -0.05) is 19.1 Å². The molecule has 8 nitrogen and oxygen atoms in total. The van der Waals surface area contributed by atoms with E-state index in [1.807, 2.05) is 30.3 Å². The van der Waals surface area contributed by atoms with E-state index in [0.29, 0.717) is 24.0 Å². The number of hydrogen-bond acceptors (Lipinski definition) is 6. The Morgan fingerprint density at radius 3 is 2.77 bits per heavy atom. The lowest BCUT2D eigenvalue weighted by atomic mass is 10.0. The van der Waals surface area contributed by atoms with Gasteiger partial charge < -0.3 is 15.0 Å². The average molecular weight is 406 g/mol. The van der Waals surface area contributed by atoms with Crippen molar-refractivity contribution in [1.29, 1.82) is 0 Å². The van der Waals surface area contributed by atoms with E-state index in [4.69, 9.17) is 4.74 Å². The van der Waals surface area contributed by atoms with Gasteiger partial charge in [0.25, 0.3) is 5.91 Å². The number of aromatic nitrogens is 4. The summed E-state index contributed by atoms with van der Waals surface area (Å²) >= 11 is 0. The molecule has 1 saturated heterocycles. The Bertz CT molecular complexity index is 1000. The molecule has 1 aliphatic rings. The molecule has 0 radical (unpaired) electrons. The summed E-state index contributed by atoms with van der Waals surface area (Å²) in [7, 11) is 1.63. The lowest BCUT2D eigenvalue weighted by Crippen LogP contribution is -2.34. The smallest absolute Gasteiger partial charge is 0.271 e. The molecule has 0 aliphatic carbocycles. The molecule has 1 amide bonds. The number of imidazole rings is 1. The van der Waals surface area contributed by atoms with Crippen LogP contribution < -0.4 is 15.0 Å². The van der Waals surface area contributed by atoms with E-state index in [1.54, 1.807) is 30.5 Å². The predicted molar refractivity (Wildman–Crippen MR) is 114 cm³/mol. The molecule has 0 spiro atoms.